The molecule has 266 valence electrons. The van der Waals surface area contributed by atoms with E-state index in [0.29, 0.717) is 23.2 Å². The number of pyridine rings is 2. The number of ketones is 4. The molecule has 0 saturated carbocycles. The highest BCUT2D eigenvalue weighted by Crippen LogP contribution is 2.19. The van der Waals surface area contributed by atoms with E-state index < -0.39 is 11.4 Å². The van der Waals surface area contributed by atoms with Crippen LogP contribution in [0.4, 0.5) is 0 Å². The Morgan fingerprint density at radius 3 is 1.83 bits per heavy atom. The van der Waals surface area contributed by atoms with E-state index in [1.54, 1.807) is 31.2 Å². The number of carbonyl (C=O) groups is 5. The smallest absolute Gasteiger partial charge is 0.270 e. The number of rotatable bonds is 24. The van der Waals surface area contributed by atoms with E-state index in [1.165, 1.54) is 12.4 Å². The minimum absolute atomic E-state index is 0. The Morgan fingerprint density at radius 2 is 1.35 bits per heavy atom. The number of hydrogen-bond acceptors (Lipinski definition) is 10. The van der Waals surface area contributed by atoms with Gasteiger partial charge in [-0.05, 0) is 30.7 Å². The number of aromatic nitrogens is 2. The number of Topliss-reactive ketones (excluding diaryl/α,β-unsaturated/α-hetero) is 4. The lowest BCUT2D eigenvalue weighted by Crippen LogP contribution is -2.59. The SMILES string of the molecule is CCC(=O)CCOCC(COCCC(=O)C(C)C)(COCCC(=O)C(C)CC)NC(=O)c1ccc(-c2ccc(C(=O)C(C)C)cn2)cn1.[HH]. The van der Waals surface area contributed by atoms with Crippen molar-refractivity contribution in [2.45, 2.75) is 86.1 Å². The quantitative estimate of drug-likeness (QED) is 0.108. The summed E-state index contributed by atoms with van der Waals surface area (Å²) in [4.78, 5) is 71.2. The zero-order valence-electron chi connectivity index (χ0n) is 29.6. The lowest BCUT2D eigenvalue weighted by atomic mass is 10.0. The van der Waals surface area contributed by atoms with Gasteiger partial charge in [-0.15, -0.1) is 0 Å². The van der Waals surface area contributed by atoms with E-state index in [1.807, 2.05) is 41.5 Å². The molecule has 2 aromatic heterocycles. The van der Waals surface area contributed by atoms with Crippen molar-refractivity contribution in [1.29, 1.82) is 0 Å². The summed E-state index contributed by atoms with van der Waals surface area (Å²) in [6.07, 6.45) is 4.84. The van der Waals surface area contributed by atoms with Crippen molar-refractivity contribution in [3.05, 3.63) is 47.9 Å². The first-order chi connectivity index (χ1) is 22.8. The van der Waals surface area contributed by atoms with Crippen LogP contribution in [0.2, 0.25) is 0 Å². The van der Waals surface area contributed by atoms with E-state index >= 15 is 0 Å². The monoisotopic (exact) mass is 669 g/mol. The molecule has 0 aromatic carbocycles. The molecule has 0 aliphatic carbocycles. The second kappa shape index (κ2) is 20.6. The molecule has 2 aromatic rings. The first-order valence-corrected chi connectivity index (χ1v) is 16.9. The average Bonchev–Trinajstić information content (AvgIpc) is 3.09. The summed E-state index contributed by atoms with van der Waals surface area (Å²) in [5, 5.41) is 2.99. The fourth-order valence-electron chi connectivity index (χ4n) is 4.54. The summed E-state index contributed by atoms with van der Waals surface area (Å²) in [6.45, 7) is 13.2. The molecule has 0 spiro atoms. The Hall–Kier alpha value is -3.67. The molecule has 11 nitrogen and oxygen atoms in total. The molecule has 0 aliphatic rings. The van der Waals surface area contributed by atoms with Gasteiger partial charge in [0.2, 0.25) is 0 Å². The molecule has 0 saturated heterocycles. The summed E-state index contributed by atoms with van der Waals surface area (Å²) in [5.41, 5.74) is 0.699. The third-order valence-corrected chi connectivity index (χ3v) is 8.09. The molecule has 48 heavy (non-hydrogen) atoms. The van der Waals surface area contributed by atoms with Gasteiger partial charge in [0.1, 0.15) is 28.6 Å². The number of carbonyl (C=O) groups excluding carboxylic acids is 5. The van der Waals surface area contributed by atoms with Crippen molar-refractivity contribution in [3.63, 3.8) is 0 Å². The highest BCUT2D eigenvalue weighted by atomic mass is 16.5. The lowest BCUT2D eigenvalue weighted by molar-refractivity contribution is -0.124. The normalized spacial score (nSPS) is 13.3. The largest absolute Gasteiger partial charge is 0.378 e. The van der Waals surface area contributed by atoms with Crippen molar-refractivity contribution in [2.75, 3.05) is 39.6 Å². The molecular formula is C37H55N3O8. The van der Waals surface area contributed by atoms with Gasteiger partial charge in [-0.3, -0.25) is 33.9 Å². The van der Waals surface area contributed by atoms with E-state index in [9.17, 15) is 24.0 Å². The predicted molar refractivity (Wildman–Crippen MR) is 185 cm³/mol. The fourth-order valence-corrected chi connectivity index (χ4v) is 4.54. The van der Waals surface area contributed by atoms with Gasteiger partial charge < -0.3 is 19.5 Å². The maximum atomic E-state index is 13.6. The van der Waals surface area contributed by atoms with Gasteiger partial charge in [-0.25, -0.2) is 0 Å². The van der Waals surface area contributed by atoms with Crippen molar-refractivity contribution < 1.29 is 39.6 Å². The Balaban J connectivity index is 0.0000120. The number of ether oxygens (including phenoxy) is 3. The van der Waals surface area contributed by atoms with Crippen LogP contribution in [-0.4, -0.2) is 84.2 Å². The second-order valence-electron chi connectivity index (χ2n) is 12.8. The number of amides is 1. The Morgan fingerprint density at radius 1 is 0.750 bits per heavy atom. The van der Waals surface area contributed by atoms with Crippen LogP contribution in [0.5, 0.6) is 0 Å². The predicted octanol–water partition coefficient (Wildman–Crippen LogP) is 5.74. The van der Waals surface area contributed by atoms with Gasteiger partial charge in [-0.1, -0.05) is 48.5 Å². The number of nitrogens with zero attached hydrogens (tertiary/aromatic N) is 2. The maximum absolute atomic E-state index is 13.6. The van der Waals surface area contributed by atoms with E-state index in [2.05, 4.69) is 15.3 Å². The molecule has 0 bridgehead atoms. The van der Waals surface area contributed by atoms with Crippen LogP contribution in [0.3, 0.4) is 0 Å². The zero-order valence-corrected chi connectivity index (χ0v) is 29.6. The minimum Gasteiger partial charge on any atom is -0.378 e. The van der Waals surface area contributed by atoms with Crippen LogP contribution in [0.25, 0.3) is 11.3 Å². The molecule has 2 rings (SSSR count). The molecule has 2 atom stereocenters. The zero-order chi connectivity index (χ0) is 35.7. The first kappa shape index (κ1) is 40.5. The molecule has 1 N–H and O–H groups in total. The van der Waals surface area contributed by atoms with Crippen LogP contribution in [0.1, 0.15) is 103 Å². The Kier molecular flexibility index (Phi) is 17.4. The maximum Gasteiger partial charge on any atom is 0.270 e. The van der Waals surface area contributed by atoms with Gasteiger partial charge in [0.05, 0.1) is 45.3 Å². The third-order valence-electron chi connectivity index (χ3n) is 8.09. The molecule has 1 amide bonds. The van der Waals surface area contributed by atoms with Crippen LogP contribution < -0.4 is 5.32 Å². The molecule has 11 heteroatoms. The summed E-state index contributed by atoms with van der Waals surface area (Å²) in [5.74, 6) is -0.667. The van der Waals surface area contributed by atoms with Crippen LogP contribution in [0, 0.1) is 17.8 Å². The van der Waals surface area contributed by atoms with E-state index in [4.69, 9.17) is 14.2 Å². The van der Waals surface area contributed by atoms with Crippen LogP contribution in [0.15, 0.2) is 36.7 Å². The highest BCUT2D eigenvalue weighted by molar-refractivity contribution is 5.97. The van der Waals surface area contributed by atoms with Crippen molar-refractivity contribution in [2.24, 2.45) is 17.8 Å². The molecule has 2 unspecified atom stereocenters. The Bertz CT molecular complexity index is 1350. The third kappa shape index (κ3) is 13.4. The molecule has 2 heterocycles. The summed E-state index contributed by atoms with van der Waals surface area (Å²) >= 11 is 0. The van der Waals surface area contributed by atoms with E-state index in [-0.39, 0.29) is 107 Å². The molecule has 0 fully saturated rings. The average molecular weight is 670 g/mol. The van der Waals surface area contributed by atoms with Crippen molar-refractivity contribution in [3.8, 4) is 11.3 Å². The van der Waals surface area contributed by atoms with Crippen molar-refractivity contribution >= 4 is 29.0 Å². The minimum atomic E-state index is -1.21. The Labute approximate surface area is 286 Å². The lowest BCUT2D eigenvalue weighted by Gasteiger charge is -2.34. The number of nitrogens with one attached hydrogen (secondary N) is 1. The summed E-state index contributed by atoms with van der Waals surface area (Å²) in [7, 11) is 0. The van der Waals surface area contributed by atoms with Crippen molar-refractivity contribution in [1.82, 2.24) is 15.3 Å². The van der Waals surface area contributed by atoms with Crippen LogP contribution >= 0.6 is 0 Å². The second-order valence-corrected chi connectivity index (χ2v) is 12.8. The van der Waals surface area contributed by atoms with E-state index in [0.717, 1.165) is 6.42 Å². The topological polar surface area (TPSA) is 151 Å². The summed E-state index contributed by atoms with van der Waals surface area (Å²) < 4.78 is 17.8. The molecule has 0 aliphatic heterocycles. The first-order valence-electron chi connectivity index (χ1n) is 16.9. The number of hydrogen-bond donors (Lipinski definition) is 1. The van der Waals surface area contributed by atoms with Gasteiger partial charge in [0, 0.05) is 68.4 Å². The van der Waals surface area contributed by atoms with Gasteiger partial charge in [0.15, 0.2) is 5.78 Å². The van der Waals surface area contributed by atoms with Gasteiger partial charge in [-0.2, -0.15) is 0 Å². The van der Waals surface area contributed by atoms with Gasteiger partial charge in [0.25, 0.3) is 5.91 Å². The standard InChI is InChI=1S/C37H53N3O8.H2/c1-8-27(7)34(43)16-19-48-24-37(22-46-17-14-30(41)9-2,23-47-18-15-33(42)25(3)4)40-36(45)32-13-10-28(20-39-32)31-12-11-29(21-38-31)35(44)26(5)6;/h10-13,20-21,25-27H,8-9,14-19,22-24H2,1-7H3,(H,40,45);1H. The highest BCUT2D eigenvalue weighted by Gasteiger charge is 2.35. The van der Waals surface area contributed by atoms with Crippen LogP contribution in [-0.2, 0) is 28.6 Å². The molecule has 0 radical (unpaired) electrons. The summed E-state index contributed by atoms with van der Waals surface area (Å²) in [6, 6.07) is 6.74. The molecular weight excluding hydrogens is 614 g/mol. The fraction of sp³-hybridized carbons (Fsp3) is 0.595. The van der Waals surface area contributed by atoms with Gasteiger partial charge >= 0.3 is 0 Å².